The normalized spacial score (nSPS) is 15.7. The first kappa shape index (κ1) is 19.2. The van der Waals surface area contributed by atoms with Gasteiger partial charge in [0.1, 0.15) is 17.7 Å². The Kier molecular flexibility index (Phi) is 4.86. The summed E-state index contributed by atoms with van der Waals surface area (Å²) in [5.74, 6) is -0.418. The third-order valence-electron chi connectivity index (χ3n) is 4.17. The molecule has 0 bridgehead atoms. The summed E-state index contributed by atoms with van der Waals surface area (Å²) in [5, 5.41) is 12.8. The Bertz CT molecular complexity index is 986. The molecule has 0 radical (unpaired) electrons. The van der Waals surface area contributed by atoms with Crippen LogP contribution in [0.5, 0.6) is 5.88 Å². The van der Waals surface area contributed by atoms with Crippen LogP contribution >= 0.6 is 0 Å². The van der Waals surface area contributed by atoms with Crippen molar-refractivity contribution in [2.24, 2.45) is 0 Å². The highest BCUT2D eigenvalue weighted by atomic mass is 32.2. The molecule has 1 saturated carbocycles. The maximum Gasteiger partial charge on any atom is 0.436 e. The Labute approximate surface area is 153 Å². The van der Waals surface area contributed by atoms with Crippen LogP contribution in [-0.4, -0.2) is 35.5 Å². The molecule has 3 rings (SSSR count). The van der Waals surface area contributed by atoms with Crippen LogP contribution in [0.2, 0.25) is 0 Å². The number of halogens is 3. The quantitative estimate of drug-likeness (QED) is 0.783. The molecule has 0 spiro atoms. The molecule has 0 aromatic carbocycles. The first-order valence-corrected chi connectivity index (χ1v) is 9.94. The van der Waals surface area contributed by atoms with E-state index in [0.717, 1.165) is 30.0 Å². The number of hydrogen-bond acceptors (Lipinski definition) is 6. The molecule has 0 saturated heterocycles. The van der Waals surface area contributed by atoms with Gasteiger partial charge in [0, 0.05) is 12.5 Å². The van der Waals surface area contributed by atoms with Crippen LogP contribution in [0.1, 0.15) is 36.9 Å². The van der Waals surface area contributed by atoms with E-state index >= 15 is 0 Å². The second-order valence-corrected chi connectivity index (χ2v) is 8.21. The van der Waals surface area contributed by atoms with Gasteiger partial charge in [0.05, 0.1) is 4.90 Å². The minimum absolute atomic E-state index is 0.0811. The molecule has 27 heavy (non-hydrogen) atoms. The molecule has 1 aliphatic carbocycles. The average molecular weight is 400 g/mol. The number of nitrogens with zero attached hydrogens (tertiary/aromatic N) is 4. The first-order chi connectivity index (χ1) is 12.6. The topological polar surface area (TPSA) is 97.9 Å². The van der Waals surface area contributed by atoms with E-state index in [1.54, 1.807) is 0 Å². The number of sulfone groups is 1. The van der Waals surface area contributed by atoms with Crippen LogP contribution in [-0.2, 0) is 16.0 Å². The lowest BCUT2D eigenvalue weighted by atomic mass is 10.2. The number of nitriles is 1. The standard InChI is InChI=1S/C16H15F3N4O3S/c1-27(24,25)11-6-7-13(21-9-11)23-15(26-10-4-2-3-5-10)12(8-20)14(22-23)16(17,18)19/h6-7,9-10H,2-5H2,1H3. The Morgan fingerprint density at radius 2 is 1.96 bits per heavy atom. The lowest BCUT2D eigenvalue weighted by Crippen LogP contribution is -2.15. The summed E-state index contributed by atoms with van der Waals surface area (Å²) >= 11 is 0. The summed E-state index contributed by atoms with van der Waals surface area (Å²) in [6, 6.07) is 3.94. The van der Waals surface area contributed by atoms with Crippen LogP contribution in [0.3, 0.4) is 0 Å². The first-order valence-electron chi connectivity index (χ1n) is 8.04. The number of hydrogen-bond donors (Lipinski definition) is 0. The molecule has 1 fully saturated rings. The van der Waals surface area contributed by atoms with Crippen molar-refractivity contribution < 1.29 is 26.3 Å². The van der Waals surface area contributed by atoms with Crippen LogP contribution in [0, 0.1) is 11.3 Å². The fraction of sp³-hybridized carbons (Fsp3) is 0.438. The predicted molar refractivity (Wildman–Crippen MR) is 87.1 cm³/mol. The third-order valence-corrected chi connectivity index (χ3v) is 5.27. The van der Waals surface area contributed by atoms with Gasteiger partial charge in [0.15, 0.2) is 21.3 Å². The van der Waals surface area contributed by atoms with E-state index < -0.39 is 27.3 Å². The SMILES string of the molecule is CS(=O)(=O)c1ccc(-n2nc(C(F)(F)F)c(C#N)c2OC2CCCC2)nc1. The van der Waals surface area contributed by atoms with Gasteiger partial charge in [-0.05, 0) is 37.8 Å². The van der Waals surface area contributed by atoms with Crippen LogP contribution < -0.4 is 4.74 Å². The van der Waals surface area contributed by atoms with Gasteiger partial charge >= 0.3 is 6.18 Å². The van der Waals surface area contributed by atoms with Crippen LogP contribution in [0.15, 0.2) is 23.2 Å². The van der Waals surface area contributed by atoms with Crippen molar-refractivity contribution in [3.8, 4) is 17.8 Å². The Hall–Kier alpha value is -2.61. The summed E-state index contributed by atoms with van der Waals surface area (Å²) in [6.45, 7) is 0. The summed E-state index contributed by atoms with van der Waals surface area (Å²) in [6.07, 6.45) is -0.0643. The highest BCUT2D eigenvalue weighted by Crippen LogP contribution is 2.37. The molecule has 7 nitrogen and oxygen atoms in total. The van der Waals surface area contributed by atoms with Gasteiger partial charge in [0.2, 0.25) is 5.88 Å². The summed E-state index contributed by atoms with van der Waals surface area (Å²) in [5.41, 5.74) is -2.09. The Morgan fingerprint density at radius 1 is 1.30 bits per heavy atom. The van der Waals surface area contributed by atoms with E-state index in [1.807, 2.05) is 0 Å². The highest BCUT2D eigenvalue weighted by molar-refractivity contribution is 7.90. The summed E-state index contributed by atoms with van der Waals surface area (Å²) in [4.78, 5) is 3.80. The van der Waals surface area contributed by atoms with Gasteiger partial charge in [-0.2, -0.15) is 28.2 Å². The molecule has 0 amide bonds. The number of rotatable bonds is 4. The minimum Gasteiger partial charge on any atom is -0.473 e. The summed E-state index contributed by atoms with van der Waals surface area (Å²) < 4.78 is 69.4. The molecule has 1 aliphatic rings. The van der Waals surface area contributed by atoms with E-state index in [0.29, 0.717) is 12.8 Å². The third kappa shape index (κ3) is 3.90. The van der Waals surface area contributed by atoms with E-state index in [2.05, 4.69) is 10.1 Å². The molecule has 0 aliphatic heterocycles. The van der Waals surface area contributed by atoms with Crippen molar-refractivity contribution in [3.63, 3.8) is 0 Å². The lowest BCUT2D eigenvalue weighted by Gasteiger charge is -2.14. The molecule has 0 N–H and O–H groups in total. The second-order valence-electron chi connectivity index (χ2n) is 6.20. The van der Waals surface area contributed by atoms with Crippen molar-refractivity contribution in [2.45, 2.75) is 42.9 Å². The Balaban J connectivity index is 2.12. The fourth-order valence-corrected chi connectivity index (χ4v) is 3.41. The predicted octanol–water partition coefficient (Wildman–Crippen LogP) is 2.88. The van der Waals surface area contributed by atoms with Gasteiger partial charge in [-0.1, -0.05) is 0 Å². The largest absolute Gasteiger partial charge is 0.473 e. The molecular formula is C16H15F3N4O3S. The maximum atomic E-state index is 13.3. The molecule has 144 valence electrons. The molecule has 0 atom stereocenters. The minimum atomic E-state index is -4.85. The monoisotopic (exact) mass is 400 g/mol. The number of alkyl halides is 3. The van der Waals surface area contributed by atoms with Crippen molar-refractivity contribution in [2.75, 3.05) is 6.26 Å². The van der Waals surface area contributed by atoms with Crippen molar-refractivity contribution >= 4 is 9.84 Å². The summed E-state index contributed by atoms with van der Waals surface area (Å²) in [7, 11) is -3.52. The van der Waals surface area contributed by atoms with Gasteiger partial charge in [0.25, 0.3) is 0 Å². The second kappa shape index (κ2) is 6.84. The Morgan fingerprint density at radius 3 is 2.44 bits per heavy atom. The number of aromatic nitrogens is 3. The smallest absolute Gasteiger partial charge is 0.436 e. The van der Waals surface area contributed by atoms with E-state index in [1.165, 1.54) is 18.2 Å². The zero-order valence-electron chi connectivity index (χ0n) is 14.2. The van der Waals surface area contributed by atoms with Crippen molar-refractivity contribution in [3.05, 3.63) is 29.6 Å². The fourth-order valence-electron chi connectivity index (χ4n) is 2.85. The molecule has 2 aromatic heterocycles. The number of pyridine rings is 1. The van der Waals surface area contributed by atoms with Gasteiger partial charge < -0.3 is 4.74 Å². The molecule has 2 heterocycles. The van der Waals surface area contributed by atoms with Crippen LogP contribution in [0.4, 0.5) is 13.2 Å². The maximum absolute atomic E-state index is 13.3. The zero-order chi connectivity index (χ0) is 19.8. The number of ether oxygens (including phenoxy) is 1. The highest BCUT2D eigenvalue weighted by Gasteiger charge is 2.41. The van der Waals surface area contributed by atoms with Crippen LogP contribution in [0.25, 0.3) is 5.82 Å². The molecule has 0 unspecified atom stereocenters. The molecule has 11 heteroatoms. The molecular weight excluding hydrogens is 385 g/mol. The van der Waals surface area contributed by atoms with Gasteiger partial charge in [-0.15, -0.1) is 0 Å². The lowest BCUT2D eigenvalue weighted by molar-refractivity contribution is -0.141. The zero-order valence-corrected chi connectivity index (χ0v) is 15.0. The van der Waals surface area contributed by atoms with Crippen molar-refractivity contribution in [1.82, 2.24) is 14.8 Å². The average Bonchev–Trinajstić information content (AvgIpc) is 3.21. The van der Waals surface area contributed by atoms with Crippen molar-refractivity contribution in [1.29, 1.82) is 5.26 Å². The van der Waals surface area contributed by atoms with E-state index in [-0.39, 0.29) is 22.7 Å². The van der Waals surface area contributed by atoms with E-state index in [4.69, 9.17) is 4.74 Å². The molecule has 2 aromatic rings. The van der Waals surface area contributed by atoms with E-state index in [9.17, 15) is 26.9 Å². The van der Waals surface area contributed by atoms with Gasteiger partial charge in [-0.3, -0.25) is 0 Å². The van der Waals surface area contributed by atoms with Gasteiger partial charge in [-0.25, -0.2) is 13.4 Å².